The van der Waals surface area contributed by atoms with Gasteiger partial charge in [-0.25, -0.2) is 0 Å². The molecule has 0 aromatic heterocycles. The van der Waals surface area contributed by atoms with Gasteiger partial charge in [0, 0.05) is 39.6 Å². The van der Waals surface area contributed by atoms with Crippen LogP contribution in [0, 0.1) is 0 Å². The number of anilines is 4. The zero-order valence-corrected chi connectivity index (χ0v) is 32.1. The molecule has 0 amide bonds. The van der Waals surface area contributed by atoms with Crippen molar-refractivity contribution in [1.29, 1.82) is 0 Å². The largest absolute Gasteiger partial charge is 0.315 e. The summed E-state index contributed by atoms with van der Waals surface area (Å²) in [5.74, 6) is 0. The molecular weight excluding hydrogens is 629 g/mol. The monoisotopic (exact) mass is 688 g/mol. The van der Waals surface area contributed by atoms with Crippen LogP contribution in [0.4, 0.5) is 22.7 Å². The minimum absolute atomic E-state index is 0.0375. The van der Waals surface area contributed by atoms with Gasteiger partial charge in [-0.2, -0.15) is 0 Å². The fourth-order valence-electron chi connectivity index (χ4n) is 8.59. The number of unbranched alkanes of at least 4 members (excludes halogenated alkanes) is 7. The lowest BCUT2D eigenvalue weighted by Gasteiger charge is -2.35. The summed E-state index contributed by atoms with van der Waals surface area (Å²) >= 11 is 0. The highest BCUT2D eigenvalue weighted by Gasteiger charge is 2.43. The van der Waals surface area contributed by atoms with E-state index in [2.05, 4.69) is 159 Å². The van der Waals surface area contributed by atoms with Gasteiger partial charge in [-0.15, -0.1) is 6.58 Å². The molecule has 0 N–H and O–H groups in total. The zero-order valence-electron chi connectivity index (χ0n) is 32.1. The van der Waals surface area contributed by atoms with E-state index in [0.717, 1.165) is 25.7 Å². The van der Waals surface area contributed by atoms with Gasteiger partial charge < -0.3 is 9.80 Å². The van der Waals surface area contributed by atoms with Gasteiger partial charge >= 0.3 is 0 Å². The van der Waals surface area contributed by atoms with E-state index in [1.807, 2.05) is 6.08 Å². The van der Waals surface area contributed by atoms with Crippen LogP contribution < -0.4 is 9.80 Å². The maximum absolute atomic E-state index is 3.97. The lowest BCUT2D eigenvalue weighted by atomic mass is 9.70. The first kappa shape index (κ1) is 37.2. The van der Waals surface area contributed by atoms with Gasteiger partial charge in [-0.05, 0) is 122 Å². The van der Waals surface area contributed by atoms with Gasteiger partial charge in [0.15, 0.2) is 0 Å². The van der Waals surface area contributed by atoms with Gasteiger partial charge in [0.2, 0.25) is 0 Å². The molecular formula is C50H60N2. The SMILES string of the molecule is C=CCC/C=C(\C)N(c1ccccc1)c1ccc2c(c1)C(CCCCCC)(CCCCCC)c1cc(N(C3=CC=CCC3)c3ccccc3)ccc1-2. The molecule has 2 heteroatoms. The standard InChI is InChI=1S/C50H60N2/c1-5-8-11-23-36-50(37-24-12-9-6-2)48-38-44(51(40(4)25-16-10-7-3)41-26-17-13-18-27-41)32-34-46(48)47-35-33-45(39-49(47)50)52(42-28-19-14-20-29-42)43-30-21-15-22-31-43/h7,13-15,17-21,25-30,32-35,38-39H,3,5-6,8-12,16,22-24,31,36-37H2,1-2,4H3/b40-25+. The molecule has 0 saturated carbocycles. The second-order valence-corrected chi connectivity index (χ2v) is 14.8. The lowest BCUT2D eigenvalue weighted by Crippen LogP contribution is -2.27. The summed E-state index contributed by atoms with van der Waals surface area (Å²) in [6.07, 6.45) is 27.8. The molecule has 0 fully saturated rings. The van der Waals surface area contributed by atoms with Crippen molar-refractivity contribution in [3.05, 3.63) is 157 Å². The molecule has 0 atom stereocenters. The predicted octanol–water partition coefficient (Wildman–Crippen LogP) is 15.3. The molecule has 4 aromatic carbocycles. The van der Waals surface area contributed by atoms with Crippen molar-refractivity contribution < 1.29 is 0 Å². The van der Waals surface area contributed by atoms with Gasteiger partial charge in [0.1, 0.15) is 0 Å². The van der Waals surface area contributed by atoms with Crippen LogP contribution >= 0.6 is 0 Å². The average molecular weight is 689 g/mol. The molecule has 4 aromatic rings. The smallest absolute Gasteiger partial charge is 0.0461 e. The van der Waals surface area contributed by atoms with Gasteiger partial charge in [-0.1, -0.05) is 138 Å². The first-order chi connectivity index (χ1) is 25.6. The molecule has 2 aliphatic rings. The van der Waals surface area contributed by atoms with Crippen LogP contribution in [0.15, 0.2) is 145 Å². The highest BCUT2D eigenvalue weighted by Crippen LogP contribution is 2.56. The van der Waals surface area contributed by atoms with E-state index in [9.17, 15) is 0 Å². The van der Waals surface area contributed by atoms with Crippen molar-refractivity contribution >= 4 is 22.7 Å². The normalized spacial score (nSPS) is 14.4. The number of hydrogen-bond donors (Lipinski definition) is 0. The Bertz CT molecular complexity index is 1830. The van der Waals surface area contributed by atoms with Crippen LogP contribution in [-0.2, 0) is 5.41 Å². The van der Waals surface area contributed by atoms with Crippen LogP contribution in [-0.4, -0.2) is 0 Å². The van der Waals surface area contributed by atoms with Crippen molar-refractivity contribution in [2.24, 2.45) is 0 Å². The number of benzene rings is 4. The van der Waals surface area contributed by atoms with Crippen molar-refractivity contribution in [2.75, 3.05) is 9.80 Å². The molecule has 0 aliphatic heterocycles. The van der Waals surface area contributed by atoms with Crippen molar-refractivity contribution in [1.82, 2.24) is 0 Å². The lowest BCUT2D eigenvalue weighted by molar-refractivity contribution is 0.401. The van der Waals surface area contributed by atoms with Crippen molar-refractivity contribution in [3.8, 4) is 11.1 Å². The number of hydrogen-bond acceptors (Lipinski definition) is 2. The summed E-state index contributed by atoms with van der Waals surface area (Å²) in [4.78, 5) is 4.99. The predicted molar refractivity (Wildman–Crippen MR) is 227 cm³/mol. The van der Waals surface area contributed by atoms with Gasteiger partial charge in [-0.3, -0.25) is 0 Å². The second-order valence-electron chi connectivity index (χ2n) is 14.8. The molecule has 0 spiro atoms. The van der Waals surface area contributed by atoms with Crippen LogP contribution in [0.2, 0.25) is 0 Å². The van der Waals surface area contributed by atoms with E-state index in [0.29, 0.717) is 0 Å². The molecule has 0 radical (unpaired) electrons. The van der Waals surface area contributed by atoms with Gasteiger partial charge in [0.05, 0.1) is 0 Å². The van der Waals surface area contributed by atoms with E-state index in [4.69, 9.17) is 0 Å². The topological polar surface area (TPSA) is 6.48 Å². The third-order valence-corrected chi connectivity index (χ3v) is 11.2. The number of nitrogens with zero attached hydrogens (tertiary/aromatic N) is 2. The van der Waals surface area contributed by atoms with E-state index >= 15 is 0 Å². The molecule has 0 saturated heterocycles. The van der Waals surface area contributed by atoms with Gasteiger partial charge in [0.25, 0.3) is 0 Å². The first-order valence-corrected chi connectivity index (χ1v) is 20.2. The summed E-state index contributed by atoms with van der Waals surface area (Å²) in [6, 6.07) is 36.7. The molecule has 0 heterocycles. The number of fused-ring (bicyclic) bond motifs is 3. The minimum atomic E-state index is -0.0375. The minimum Gasteiger partial charge on any atom is -0.315 e. The summed E-state index contributed by atoms with van der Waals surface area (Å²) in [5.41, 5.74) is 13.4. The Morgan fingerprint density at radius 3 is 1.85 bits per heavy atom. The fourth-order valence-corrected chi connectivity index (χ4v) is 8.59. The molecule has 2 nitrogen and oxygen atoms in total. The summed E-state index contributed by atoms with van der Waals surface area (Å²) in [6.45, 7) is 10.9. The average Bonchev–Trinajstić information content (AvgIpc) is 3.45. The maximum atomic E-state index is 3.97. The third kappa shape index (κ3) is 8.23. The number of allylic oxidation sites excluding steroid dienone is 7. The van der Waals surface area contributed by atoms with Crippen molar-refractivity contribution in [3.63, 3.8) is 0 Å². The fraction of sp³-hybridized carbons (Fsp3) is 0.360. The molecule has 52 heavy (non-hydrogen) atoms. The Kier molecular flexibility index (Phi) is 13.1. The molecule has 0 unspecified atom stereocenters. The quantitative estimate of drug-likeness (QED) is 0.0715. The van der Waals surface area contributed by atoms with Crippen molar-refractivity contribution in [2.45, 2.75) is 116 Å². The Morgan fingerprint density at radius 1 is 0.673 bits per heavy atom. The number of para-hydroxylation sites is 2. The Hall–Kier alpha value is -4.56. The first-order valence-electron chi connectivity index (χ1n) is 20.2. The molecule has 0 bridgehead atoms. The molecule has 270 valence electrons. The second kappa shape index (κ2) is 18.3. The highest BCUT2D eigenvalue weighted by molar-refractivity contribution is 5.86. The zero-order chi connectivity index (χ0) is 36.2. The van der Waals surface area contributed by atoms with E-state index in [-0.39, 0.29) is 5.41 Å². The Labute approximate surface area is 315 Å². The van der Waals surface area contributed by atoms with E-state index in [1.54, 1.807) is 0 Å². The number of rotatable bonds is 19. The van der Waals surface area contributed by atoms with E-state index < -0.39 is 0 Å². The van der Waals surface area contributed by atoms with E-state index in [1.165, 1.54) is 121 Å². The van der Waals surface area contributed by atoms with Crippen LogP contribution in [0.3, 0.4) is 0 Å². The molecule has 2 aliphatic carbocycles. The highest BCUT2D eigenvalue weighted by atomic mass is 15.2. The van der Waals surface area contributed by atoms with Crippen LogP contribution in [0.25, 0.3) is 11.1 Å². The summed E-state index contributed by atoms with van der Waals surface area (Å²) < 4.78 is 0. The molecule has 6 rings (SSSR count). The third-order valence-electron chi connectivity index (χ3n) is 11.2. The Morgan fingerprint density at radius 2 is 1.27 bits per heavy atom. The summed E-state index contributed by atoms with van der Waals surface area (Å²) in [5, 5.41) is 0. The van der Waals surface area contributed by atoms with Crippen LogP contribution in [0.1, 0.15) is 122 Å². The Balaban J connectivity index is 1.53. The summed E-state index contributed by atoms with van der Waals surface area (Å²) in [7, 11) is 0. The maximum Gasteiger partial charge on any atom is 0.0461 e. The van der Waals surface area contributed by atoms with Crippen LogP contribution in [0.5, 0.6) is 0 Å².